The maximum Gasteiger partial charge on any atom is 0.256 e. The number of nitrogens with one attached hydrogen (secondary N) is 1. The van der Waals surface area contributed by atoms with Crippen LogP contribution in [0.25, 0.3) is 0 Å². The quantitative estimate of drug-likeness (QED) is 0.731. The molecule has 134 valence electrons. The van der Waals surface area contributed by atoms with E-state index in [1.165, 1.54) is 11.1 Å². The Kier molecular flexibility index (Phi) is 5.52. The molecular weight excluding hydrogens is 308 g/mol. The highest BCUT2D eigenvalue weighted by molar-refractivity contribution is 6.13. The van der Waals surface area contributed by atoms with Crippen molar-refractivity contribution in [2.24, 2.45) is 16.8 Å². The molecule has 1 amide bonds. The first kappa shape index (κ1) is 17.7. The van der Waals surface area contributed by atoms with Crippen LogP contribution in [0.15, 0.2) is 63.9 Å². The Bertz CT molecular complexity index is 724. The van der Waals surface area contributed by atoms with Crippen molar-refractivity contribution < 1.29 is 6.22 Å². The van der Waals surface area contributed by atoms with Gasteiger partial charge in [0.25, 0.3) is 5.91 Å². The molecule has 3 unspecified atom stereocenters. The van der Waals surface area contributed by atoms with Gasteiger partial charge in [0, 0.05) is 19.3 Å². The molecule has 1 aliphatic heterocycles. The van der Waals surface area contributed by atoms with E-state index in [2.05, 4.69) is 62.5 Å². The van der Waals surface area contributed by atoms with Gasteiger partial charge in [-0.25, -0.2) is 0 Å². The van der Waals surface area contributed by atoms with E-state index in [1.54, 1.807) is 6.21 Å². The molecule has 0 aromatic carbocycles. The largest absolute Gasteiger partial charge is 0.322 e. The van der Waals surface area contributed by atoms with E-state index >= 15 is 0 Å². The summed E-state index contributed by atoms with van der Waals surface area (Å²) in [4.78, 5) is 17.3. The number of allylic oxidation sites excluding steroid dienone is 6. The molecule has 25 heavy (non-hydrogen) atoms. The number of nitrogens with zero attached hydrogens (tertiary/aromatic N) is 1. The van der Waals surface area contributed by atoms with E-state index < -0.39 is 0 Å². The van der Waals surface area contributed by atoms with Gasteiger partial charge in [0.1, 0.15) is 0 Å². The number of hydrogen-bond acceptors (Lipinski definition) is 2. The predicted molar refractivity (Wildman–Crippen MR) is 106 cm³/mol. The summed E-state index contributed by atoms with van der Waals surface area (Å²) in [6, 6.07) is 0.163. The summed E-state index contributed by atoms with van der Waals surface area (Å²) in [6.45, 7) is 6.47. The molecule has 0 bridgehead atoms. The molecule has 0 aromatic heterocycles. The average Bonchev–Trinajstić information content (AvgIpc) is 2.87. The predicted octanol–water partition coefficient (Wildman–Crippen LogP) is 4.90. The summed E-state index contributed by atoms with van der Waals surface area (Å²) >= 11 is 0. The van der Waals surface area contributed by atoms with Crippen LogP contribution in [0.2, 0.25) is 0 Å². The van der Waals surface area contributed by atoms with E-state index in [9.17, 15) is 4.79 Å². The summed E-state index contributed by atoms with van der Waals surface area (Å²) in [5.74, 6) is 0.730. The lowest BCUT2D eigenvalue weighted by Crippen LogP contribution is -2.29. The summed E-state index contributed by atoms with van der Waals surface area (Å²) < 4.78 is 0. The van der Waals surface area contributed by atoms with Crippen LogP contribution in [-0.2, 0) is 4.79 Å². The zero-order valence-corrected chi connectivity index (χ0v) is 15.5. The molecule has 1 N–H and O–H groups in total. The standard InChI is InChI=1S/C22H28N2O.H2/c1-15-10-11-20(13-16(15)2)24-22(25)19-12-17(3)21(23-14-19)18-8-6-4-5-7-9-18;/h4,6,9,11-15,17,21H,5,7-8,10H2,1-3H3,(H,24,25);1H. The first-order valence-corrected chi connectivity index (χ1v) is 9.33. The highest BCUT2D eigenvalue weighted by atomic mass is 16.1. The Morgan fingerprint density at radius 1 is 1.24 bits per heavy atom. The van der Waals surface area contributed by atoms with Gasteiger partial charge in [-0.3, -0.25) is 9.79 Å². The molecule has 0 aromatic rings. The molecule has 3 heteroatoms. The van der Waals surface area contributed by atoms with Crippen molar-refractivity contribution in [3.8, 4) is 0 Å². The molecule has 2 aliphatic carbocycles. The van der Waals surface area contributed by atoms with Crippen molar-refractivity contribution in [2.45, 2.75) is 52.5 Å². The van der Waals surface area contributed by atoms with Gasteiger partial charge in [0.15, 0.2) is 0 Å². The summed E-state index contributed by atoms with van der Waals surface area (Å²) in [6.07, 6.45) is 18.9. The van der Waals surface area contributed by atoms with E-state index in [0.717, 1.165) is 31.4 Å². The average molecular weight is 338 g/mol. The van der Waals surface area contributed by atoms with Gasteiger partial charge < -0.3 is 5.32 Å². The van der Waals surface area contributed by atoms with Crippen LogP contribution < -0.4 is 5.32 Å². The molecule has 3 atom stereocenters. The van der Waals surface area contributed by atoms with Crippen molar-refractivity contribution in [1.82, 2.24) is 5.32 Å². The van der Waals surface area contributed by atoms with Crippen LogP contribution in [0.1, 0.15) is 47.9 Å². The Hall–Kier alpha value is -2.16. The zero-order chi connectivity index (χ0) is 17.8. The number of aliphatic imine (C=N–C) groups is 1. The molecule has 0 radical (unpaired) electrons. The molecule has 0 saturated carbocycles. The van der Waals surface area contributed by atoms with Gasteiger partial charge in [0.05, 0.1) is 11.6 Å². The smallest absolute Gasteiger partial charge is 0.256 e. The minimum absolute atomic E-state index is 0. The number of amides is 1. The van der Waals surface area contributed by atoms with Crippen LogP contribution in [0.5, 0.6) is 0 Å². The van der Waals surface area contributed by atoms with Crippen LogP contribution in [-0.4, -0.2) is 18.2 Å². The molecule has 0 saturated heterocycles. The minimum Gasteiger partial charge on any atom is -0.322 e. The Morgan fingerprint density at radius 3 is 2.84 bits per heavy atom. The highest BCUT2D eigenvalue weighted by Crippen LogP contribution is 2.27. The first-order chi connectivity index (χ1) is 12.0. The van der Waals surface area contributed by atoms with E-state index in [1.807, 2.05) is 0 Å². The van der Waals surface area contributed by atoms with Gasteiger partial charge in [-0.05, 0) is 50.2 Å². The van der Waals surface area contributed by atoms with Gasteiger partial charge in [-0.1, -0.05) is 49.8 Å². The third kappa shape index (κ3) is 4.28. The van der Waals surface area contributed by atoms with E-state index in [4.69, 9.17) is 4.99 Å². The van der Waals surface area contributed by atoms with Crippen molar-refractivity contribution in [3.63, 3.8) is 0 Å². The fraction of sp³-hybridized carbons (Fsp3) is 0.455. The molecule has 3 rings (SSSR count). The van der Waals surface area contributed by atoms with E-state index in [0.29, 0.717) is 11.5 Å². The number of hydrogen-bond donors (Lipinski definition) is 1. The van der Waals surface area contributed by atoms with Crippen LogP contribution in [0, 0.1) is 11.8 Å². The topological polar surface area (TPSA) is 41.5 Å². The van der Waals surface area contributed by atoms with Gasteiger partial charge in [0.2, 0.25) is 0 Å². The number of dihydropyridines is 1. The monoisotopic (exact) mass is 338 g/mol. The number of rotatable bonds is 3. The lowest BCUT2D eigenvalue weighted by Gasteiger charge is -2.24. The van der Waals surface area contributed by atoms with Crippen LogP contribution >= 0.6 is 0 Å². The highest BCUT2D eigenvalue weighted by Gasteiger charge is 2.24. The second kappa shape index (κ2) is 7.81. The lowest BCUT2D eigenvalue weighted by molar-refractivity contribution is -0.116. The Morgan fingerprint density at radius 2 is 2.08 bits per heavy atom. The van der Waals surface area contributed by atoms with Crippen LogP contribution in [0.3, 0.4) is 0 Å². The molecule has 3 aliphatic rings. The molecule has 1 heterocycles. The SMILES string of the molecule is CC1=CC(NC(=O)C2=CC(C)C(C3=CCCC=CC3)N=C2)=CCC1C.[HH]. The maximum atomic E-state index is 12.6. The summed E-state index contributed by atoms with van der Waals surface area (Å²) in [7, 11) is 0. The number of carbonyl (C=O) groups excluding carboxylic acids is 1. The van der Waals surface area contributed by atoms with Crippen molar-refractivity contribution in [1.29, 1.82) is 0 Å². The third-order valence-electron chi connectivity index (χ3n) is 5.33. The zero-order valence-electron chi connectivity index (χ0n) is 15.5. The maximum absolute atomic E-state index is 12.6. The third-order valence-corrected chi connectivity index (χ3v) is 5.33. The fourth-order valence-electron chi connectivity index (χ4n) is 3.54. The fourth-order valence-corrected chi connectivity index (χ4v) is 3.54. The summed E-state index contributed by atoms with van der Waals surface area (Å²) in [5.41, 5.74) is 4.25. The van der Waals surface area contributed by atoms with Crippen LogP contribution in [0.4, 0.5) is 0 Å². The lowest BCUT2D eigenvalue weighted by atomic mass is 9.88. The second-order valence-electron chi connectivity index (χ2n) is 7.37. The normalized spacial score (nSPS) is 29.2. The molecule has 3 nitrogen and oxygen atoms in total. The Balaban J connectivity index is 0.00000243. The molecule has 0 fully saturated rings. The Labute approximate surface area is 152 Å². The number of carbonyl (C=O) groups is 1. The minimum atomic E-state index is -0.0614. The molecular formula is C22H30N2O. The first-order valence-electron chi connectivity index (χ1n) is 9.33. The van der Waals surface area contributed by atoms with Gasteiger partial charge in [-0.15, -0.1) is 0 Å². The van der Waals surface area contributed by atoms with Crippen molar-refractivity contribution in [3.05, 3.63) is 58.9 Å². The van der Waals surface area contributed by atoms with Crippen molar-refractivity contribution in [2.75, 3.05) is 0 Å². The second-order valence-corrected chi connectivity index (χ2v) is 7.37. The molecule has 0 spiro atoms. The van der Waals surface area contributed by atoms with Gasteiger partial charge >= 0.3 is 0 Å². The van der Waals surface area contributed by atoms with Crippen molar-refractivity contribution >= 4 is 12.1 Å². The van der Waals surface area contributed by atoms with Gasteiger partial charge in [-0.2, -0.15) is 0 Å². The summed E-state index contributed by atoms with van der Waals surface area (Å²) in [5, 5.41) is 3.02. The van der Waals surface area contributed by atoms with E-state index in [-0.39, 0.29) is 19.3 Å².